The van der Waals surface area contributed by atoms with Crippen LogP contribution in [0.25, 0.3) is 18.2 Å². The third kappa shape index (κ3) is 47.8. The second-order valence-corrected chi connectivity index (χ2v) is 29.0. The maximum atomic E-state index is 6.23. The summed E-state index contributed by atoms with van der Waals surface area (Å²) in [5.74, 6) is 2.61. The van der Waals surface area contributed by atoms with Gasteiger partial charge < -0.3 is 14.2 Å². The summed E-state index contributed by atoms with van der Waals surface area (Å²) in [4.78, 5) is 26.4. The topological polar surface area (TPSA) is 102 Å². The summed E-state index contributed by atoms with van der Waals surface area (Å²) in [6.07, 6.45) is 24.1. The Labute approximate surface area is 653 Å². The fraction of sp³-hybridized carbons (Fsp3) is 0.298. The molecule has 9 rings (SSSR count). The van der Waals surface area contributed by atoms with Crippen LogP contribution in [0.1, 0.15) is 190 Å². The number of unbranched alkanes of at least 4 members (excludes halogenated alkanes) is 3. The number of hydrogen-bond donors (Lipinski definition) is 0. The van der Waals surface area contributed by atoms with Crippen LogP contribution in [0.15, 0.2) is 286 Å². The van der Waals surface area contributed by atoms with Gasteiger partial charge in [-0.15, -0.1) is 0 Å². The molecule has 0 fully saturated rings. The van der Waals surface area contributed by atoms with E-state index in [-0.39, 0.29) is 16.6 Å². The maximum absolute atomic E-state index is 6.23. The summed E-state index contributed by atoms with van der Waals surface area (Å²) in [6.45, 7) is 41.0. The third-order valence-electron chi connectivity index (χ3n) is 14.3. The minimum Gasteiger partial charge on any atom is -0.489 e. The van der Waals surface area contributed by atoms with Crippen LogP contribution in [0.2, 0.25) is 0 Å². The van der Waals surface area contributed by atoms with Gasteiger partial charge in [0.25, 0.3) is 0 Å². The Bertz CT molecular complexity index is 3810. The van der Waals surface area contributed by atoms with Crippen molar-refractivity contribution in [2.75, 3.05) is 19.6 Å². The average Bonchev–Trinajstić information content (AvgIpc) is 0.902. The summed E-state index contributed by atoms with van der Waals surface area (Å²) < 4.78 is 21.8. The van der Waals surface area contributed by atoms with Gasteiger partial charge in [0.2, 0.25) is 0 Å². The zero-order valence-corrected chi connectivity index (χ0v) is 67.1. The van der Waals surface area contributed by atoms with Crippen LogP contribution in [-0.2, 0) is 19.8 Å². The predicted molar refractivity (Wildman–Crippen MR) is 467 cm³/mol. The molecule has 0 aromatic heterocycles. The Morgan fingerprint density at radius 1 is 0.311 bits per heavy atom. The van der Waals surface area contributed by atoms with E-state index in [0.29, 0.717) is 19.8 Å². The van der Waals surface area contributed by atoms with Crippen LogP contribution in [0, 0.1) is 0 Å². The van der Waals surface area contributed by atoms with E-state index >= 15 is 0 Å². The predicted octanol–water partition coefficient (Wildman–Crippen LogP) is 26.1. The van der Waals surface area contributed by atoms with Crippen LogP contribution in [0.3, 0.4) is 0 Å². The zero-order chi connectivity index (χ0) is 78.5. The molecule has 0 unspecified atom stereocenters. The van der Waals surface area contributed by atoms with E-state index in [2.05, 4.69) is 206 Å². The molecular formula is C94H115Cl3N6O3. The number of hydrogen-bond acceptors (Lipinski definition) is 9. The van der Waals surface area contributed by atoms with Gasteiger partial charge in [0.15, 0.2) is 4.27 Å². The van der Waals surface area contributed by atoms with Crippen molar-refractivity contribution in [3.05, 3.63) is 323 Å². The lowest BCUT2D eigenvalue weighted by atomic mass is 10.1. The smallest absolute Gasteiger partial charge is 0.180 e. The largest absolute Gasteiger partial charge is 0.489 e. The number of benzene rings is 9. The van der Waals surface area contributed by atoms with Crippen LogP contribution >= 0.6 is 34.8 Å². The second-order valence-electron chi connectivity index (χ2n) is 27.3. The highest BCUT2D eigenvalue weighted by Crippen LogP contribution is 2.19. The van der Waals surface area contributed by atoms with Gasteiger partial charge in [0, 0.05) is 56.9 Å². The Hall–Kier alpha value is -9.51. The molecule has 0 bridgehead atoms. The van der Waals surface area contributed by atoms with E-state index in [1.54, 1.807) is 0 Å². The van der Waals surface area contributed by atoms with Gasteiger partial charge >= 0.3 is 0 Å². The minimum atomic E-state index is -1.83. The fourth-order valence-corrected chi connectivity index (χ4v) is 8.38. The Balaban J connectivity index is 0.000000335. The average molecular weight is 1480 g/mol. The lowest BCUT2D eigenvalue weighted by Gasteiger charge is -2.11. The summed E-state index contributed by atoms with van der Waals surface area (Å²) in [5.41, 5.74) is 13.6. The molecule has 0 saturated carbocycles. The van der Waals surface area contributed by atoms with Crippen molar-refractivity contribution in [1.29, 1.82) is 0 Å². The van der Waals surface area contributed by atoms with Crippen LogP contribution in [-0.4, -0.2) is 77.8 Å². The van der Waals surface area contributed by atoms with Gasteiger partial charge in [-0.3, -0.25) is 30.0 Å². The molecule has 0 radical (unpaired) electrons. The Morgan fingerprint density at radius 3 is 0.717 bits per heavy atom. The maximum Gasteiger partial charge on any atom is 0.180 e. The van der Waals surface area contributed by atoms with Crippen molar-refractivity contribution in [3.8, 4) is 17.2 Å². The first-order valence-electron chi connectivity index (χ1n) is 36.9. The number of aliphatic imine (C=N–C) groups is 6. The molecule has 12 heteroatoms. The normalized spacial score (nSPS) is 11.4. The molecule has 106 heavy (non-hydrogen) atoms. The molecule has 0 atom stereocenters. The molecule has 0 heterocycles. The van der Waals surface area contributed by atoms with E-state index in [1.807, 2.05) is 219 Å². The highest BCUT2D eigenvalue weighted by Gasteiger charge is 2.07. The lowest BCUT2D eigenvalue weighted by Crippen LogP contribution is -2.09. The van der Waals surface area contributed by atoms with Crippen LogP contribution < -0.4 is 14.2 Å². The summed E-state index contributed by atoms with van der Waals surface area (Å²) >= 11 is 14.2. The molecule has 0 spiro atoms. The number of nitrogens with zero attached hydrogens (tertiary/aromatic N) is 6. The van der Waals surface area contributed by atoms with Crippen LogP contribution in [0.5, 0.6) is 17.2 Å². The number of halogens is 3. The van der Waals surface area contributed by atoms with Gasteiger partial charge in [0.05, 0.1) is 18.0 Å². The summed E-state index contributed by atoms with van der Waals surface area (Å²) in [5, 5.41) is 0. The first kappa shape index (κ1) is 88.9. The van der Waals surface area contributed by atoms with Gasteiger partial charge in [-0.2, -0.15) is 0 Å². The molecule has 9 aromatic carbocycles. The highest BCUT2D eigenvalue weighted by atomic mass is 35.6. The molecule has 0 aliphatic rings. The summed E-state index contributed by atoms with van der Waals surface area (Å²) in [7, 11) is 0. The van der Waals surface area contributed by atoms with Crippen molar-refractivity contribution < 1.29 is 15.6 Å². The fourth-order valence-electron chi connectivity index (χ4n) is 8.38. The van der Waals surface area contributed by atoms with Crippen molar-refractivity contribution in [1.82, 2.24) is 0 Å². The first-order chi connectivity index (χ1) is 51.2. The molecule has 560 valence electrons. The van der Waals surface area contributed by atoms with E-state index in [9.17, 15) is 0 Å². The standard InChI is InChI=1S/3C20H23NO.3C11H15N.CHCl3/c1-5-16-6-8-18(9-7-16)15-22-19-12-10-17(11-13-19)14-21-20(2,3)4;2*1-3-5-14-21-15-18-10-12-20(13-11-18)22-16-19-8-6-17(4-2)7-9-19;2*1-11(2,3)12-9-10-7-5-4-6-8-10;1-2-3-9-12-10-11-7-5-4-6-8-11;2-1(3)4/h5-14H,1,15H2,2-4H3;2*4,6-13,15H,2-3,5,14,16H2,1H3;2*4-9H,1-3H3;4-8,10H,2-3,9H2,1H3;1H/i;;;;;;1D. The lowest BCUT2D eigenvalue weighted by molar-refractivity contribution is 0.306. The van der Waals surface area contributed by atoms with E-state index < -0.39 is 4.27 Å². The molecule has 0 saturated heterocycles. The molecular weight excluding hydrogens is 1370 g/mol. The van der Waals surface area contributed by atoms with Crippen molar-refractivity contribution in [2.24, 2.45) is 30.0 Å². The van der Waals surface area contributed by atoms with E-state index in [0.717, 1.165) is 111 Å². The molecule has 9 aromatic rings. The van der Waals surface area contributed by atoms with E-state index in [4.69, 9.17) is 50.4 Å². The number of ether oxygens (including phenoxy) is 3. The number of alkyl halides is 3. The highest BCUT2D eigenvalue weighted by molar-refractivity contribution is 6.63. The first-order valence-corrected chi connectivity index (χ1v) is 37.5. The van der Waals surface area contributed by atoms with E-state index in [1.165, 1.54) is 31.2 Å². The van der Waals surface area contributed by atoms with Crippen molar-refractivity contribution in [3.63, 3.8) is 0 Å². The molecule has 9 nitrogen and oxygen atoms in total. The number of rotatable bonds is 27. The second kappa shape index (κ2) is 54.1. The Morgan fingerprint density at radius 2 is 0.509 bits per heavy atom. The molecule has 0 amide bonds. The van der Waals surface area contributed by atoms with Gasteiger partial charge in [-0.1, -0.05) is 277 Å². The zero-order valence-electron chi connectivity index (χ0n) is 65.9. The molecule has 0 aliphatic heterocycles. The Kier molecular flexibility index (Phi) is 45.4. The van der Waals surface area contributed by atoms with Crippen molar-refractivity contribution in [2.45, 2.75) is 162 Å². The molecule has 0 N–H and O–H groups in total. The van der Waals surface area contributed by atoms with Gasteiger partial charge in [0.1, 0.15) is 37.1 Å². The van der Waals surface area contributed by atoms with Gasteiger partial charge in [-0.25, -0.2) is 0 Å². The van der Waals surface area contributed by atoms with Crippen LogP contribution in [0.4, 0.5) is 0 Å². The SMILES string of the molecule is C=Cc1ccc(COc2ccc(C=NC(C)(C)C)cc2)cc1.C=Cc1ccc(COc2ccc(C=NCCCC)cc2)cc1.C=Cc1ccc(COc2ccc(C=NCCCC)cc2)cc1.CC(C)(C)N=Cc1ccccc1.CC(C)(C)N=Cc1ccccc1.CCCCN=Cc1ccccc1.[2H]C(Cl)(Cl)Cl. The summed E-state index contributed by atoms with van der Waals surface area (Å²) in [6, 6.07) is 79.2. The molecule has 0 aliphatic carbocycles. The van der Waals surface area contributed by atoms with Crippen molar-refractivity contribution >= 4 is 90.3 Å². The van der Waals surface area contributed by atoms with Gasteiger partial charge in [-0.05, 0) is 221 Å². The third-order valence-corrected chi connectivity index (χ3v) is 14.3. The minimum absolute atomic E-state index is 0.0237. The monoisotopic (exact) mass is 1480 g/mol. The quantitative estimate of drug-likeness (QED) is 0.0291.